The zero-order valence-corrected chi connectivity index (χ0v) is 19.3. The third kappa shape index (κ3) is 4.77. The van der Waals surface area contributed by atoms with Gasteiger partial charge in [0.1, 0.15) is 17.2 Å². The molecule has 182 valence electrons. The van der Waals surface area contributed by atoms with Crippen LogP contribution in [0.2, 0.25) is 0 Å². The van der Waals surface area contributed by atoms with Crippen LogP contribution in [-0.2, 0) is 16.7 Å². The molecule has 1 aromatic heterocycles. The summed E-state index contributed by atoms with van der Waals surface area (Å²) < 4.78 is 45.4. The Bertz CT molecular complexity index is 1530. The summed E-state index contributed by atoms with van der Waals surface area (Å²) in [4.78, 5) is 10.6. The Hall–Kier alpha value is -4.07. The van der Waals surface area contributed by atoms with Gasteiger partial charge in [0.2, 0.25) is 0 Å². The molecule has 0 amide bonds. The first kappa shape index (κ1) is 24.1. The van der Waals surface area contributed by atoms with E-state index in [0.29, 0.717) is 22.2 Å². The van der Waals surface area contributed by atoms with Crippen molar-refractivity contribution in [3.63, 3.8) is 0 Å². The molecule has 0 saturated carbocycles. The maximum absolute atomic E-state index is 11.7. The molecule has 0 aliphatic carbocycles. The number of hydrogen-bond acceptors (Lipinski definition) is 9. The zero-order valence-electron chi connectivity index (χ0n) is 18.5. The molecule has 0 bridgehead atoms. The van der Waals surface area contributed by atoms with Crippen molar-refractivity contribution in [2.24, 2.45) is 0 Å². The topological polar surface area (TPSA) is 167 Å². The number of aliphatic hydroxyl groups excluding tert-OH is 1. The van der Waals surface area contributed by atoms with Gasteiger partial charge in [0.05, 0.1) is 41.7 Å². The van der Waals surface area contributed by atoms with Crippen LogP contribution in [-0.4, -0.2) is 45.1 Å². The van der Waals surface area contributed by atoms with Gasteiger partial charge in [-0.15, -0.1) is 5.10 Å². The van der Waals surface area contributed by atoms with E-state index in [2.05, 4.69) is 10.3 Å². The van der Waals surface area contributed by atoms with E-state index in [1.807, 2.05) is 0 Å². The lowest BCUT2D eigenvalue weighted by Gasteiger charge is -2.13. The van der Waals surface area contributed by atoms with Crippen molar-refractivity contribution in [3.05, 3.63) is 76.1 Å². The van der Waals surface area contributed by atoms with Crippen LogP contribution in [0.5, 0.6) is 11.5 Å². The van der Waals surface area contributed by atoms with Gasteiger partial charge < -0.3 is 14.6 Å². The average molecular weight is 500 g/mol. The Labute approximate surface area is 199 Å². The van der Waals surface area contributed by atoms with E-state index in [1.54, 1.807) is 30.5 Å². The highest BCUT2D eigenvalue weighted by Gasteiger charge is 2.23. The predicted octanol–water partition coefficient (Wildman–Crippen LogP) is 3.22. The van der Waals surface area contributed by atoms with Crippen molar-refractivity contribution in [2.45, 2.75) is 24.5 Å². The molecular weight excluding hydrogens is 480 g/mol. The van der Waals surface area contributed by atoms with E-state index in [-0.39, 0.29) is 34.3 Å². The third-order valence-electron chi connectivity index (χ3n) is 5.26. The number of nitro benzene ring substituents is 1. The van der Waals surface area contributed by atoms with Gasteiger partial charge in [0.15, 0.2) is 11.5 Å². The molecule has 4 aromatic rings. The molecule has 0 aliphatic heterocycles. The van der Waals surface area contributed by atoms with Gasteiger partial charge in [0, 0.05) is 10.8 Å². The first-order valence-corrected chi connectivity index (χ1v) is 11.6. The van der Waals surface area contributed by atoms with Gasteiger partial charge in [-0.1, -0.05) is 29.5 Å². The van der Waals surface area contributed by atoms with Crippen LogP contribution in [0, 0.1) is 10.1 Å². The Morgan fingerprint density at radius 1 is 1.14 bits per heavy atom. The van der Waals surface area contributed by atoms with E-state index >= 15 is 0 Å². The van der Waals surface area contributed by atoms with Gasteiger partial charge in [-0.25, -0.2) is 4.68 Å². The molecule has 1 unspecified atom stereocenters. The Kier molecular flexibility index (Phi) is 6.39. The summed E-state index contributed by atoms with van der Waals surface area (Å²) in [5.41, 5.74) is 0.661. The Morgan fingerprint density at radius 2 is 1.86 bits per heavy atom. The van der Waals surface area contributed by atoms with Crippen LogP contribution in [0.1, 0.15) is 24.3 Å². The van der Waals surface area contributed by atoms with Crippen LogP contribution < -0.4 is 9.47 Å². The second-order valence-electron chi connectivity index (χ2n) is 7.54. The summed E-state index contributed by atoms with van der Waals surface area (Å²) in [6.45, 7) is 1.30. The normalized spacial score (nSPS) is 12.5. The monoisotopic (exact) mass is 500 g/mol. The number of fused-ring (bicyclic) bond motifs is 1. The van der Waals surface area contributed by atoms with Gasteiger partial charge in [0.25, 0.3) is 15.8 Å². The second kappa shape index (κ2) is 9.29. The molecule has 4 rings (SSSR count). The largest absolute Gasteiger partial charge is 0.493 e. The number of methoxy groups -OCH3 is 1. The van der Waals surface area contributed by atoms with E-state index in [4.69, 9.17) is 9.47 Å². The molecule has 13 heteroatoms. The highest BCUT2D eigenvalue weighted by atomic mass is 32.2. The fourth-order valence-electron chi connectivity index (χ4n) is 3.65. The van der Waals surface area contributed by atoms with Crippen LogP contribution in [0.15, 0.2) is 59.6 Å². The predicted molar refractivity (Wildman–Crippen MR) is 123 cm³/mol. The molecule has 0 saturated heterocycles. The molecule has 3 aromatic carbocycles. The Balaban J connectivity index is 1.65. The van der Waals surface area contributed by atoms with E-state index in [0.717, 1.165) is 0 Å². The van der Waals surface area contributed by atoms with E-state index < -0.39 is 21.1 Å². The lowest BCUT2D eigenvalue weighted by Crippen LogP contribution is -2.04. The zero-order chi connectivity index (χ0) is 25.3. The summed E-state index contributed by atoms with van der Waals surface area (Å²) >= 11 is 0. The smallest absolute Gasteiger partial charge is 0.295 e. The fourth-order valence-corrected chi connectivity index (χ4v) is 4.36. The highest BCUT2D eigenvalue weighted by Crippen LogP contribution is 2.37. The Morgan fingerprint density at radius 3 is 2.51 bits per heavy atom. The van der Waals surface area contributed by atoms with Crippen molar-refractivity contribution in [1.82, 2.24) is 15.0 Å². The lowest BCUT2D eigenvalue weighted by atomic mass is 10.1. The maximum Gasteiger partial charge on any atom is 0.295 e. The fraction of sp³-hybridized carbons (Fsp3) is 0.182. The number of hydrogen-bond donors (Lipinski definition) is 2. The number of ether oxygens (including phenoxy) is 2. The minimum atomic E-state index is -4.43. The van der Waals surface area contributed by atoms with E-state index in [1.165, 1.54) is 43.0 Å². The summed E-state index contributed by atoms with van der Waals surface area (Å²) in [7, 11) is -3.06. The van der Waals surface area contributed by atoms with Crippen molar-refractivity contribution >= 4 is 26.6 Å². The molecule has 12 nitrogen and oxygen atoms in total. The molecule has 35 heavy (non-hydrogen) atoms. The molecule has 0 spiro atoms. The molecule has 2 N–H and O–H groups in total. The SMILES string of the molecule is COc1cc(C(C)O)c([N+](=O)[O-])cc1OCc1cn(-c2cccc3c(S(=O)(=O)O)cccc23)nn1. The minimum absolute atomic E-state index is 0.0844. The van der Waals surface area contributed by atoms with Crippen LogP contribution in [0.25, 0.3) is 16.5 Å². The number of rotatable bonds is 8. The van der Waals surface area contributed by atoms with Crippen molar-refractivity contribution in [2.75, 3.05) is 7.11 Å². The van der Waals surface area contributed by atoms with Crippen molar-refractivity contribution in [1.29, 1.82) is 0 Å². The summed E-state index contributed by atoms with van der Waals surface area (Å²) in [5.74, 6) is 0.284. The lowest BCUT2D eigenvalue weighted by molar-refractivity contribution is -0.386. The molecule has 0 radical (unpaired) electrons. The molecular formula is C22H20N4O8S. The number of aliphatic hydroxyl groups is 1. The van der Waals surface area contributed by atoms with Crippen molar-refractivity contribution < 1.29 is 32.5 Å². The minimum Gasteiger partial charge on any atom is -0.493 e. The van der Waals surface area contributed by atoms with Crippen LogP contribution in [0.4, 0.5) is 5.69 Å². The highest BCUT2D eigenvalue weighted by molar-refractivity contribution is 7.86. The summed E-state index contributed by atoms with van der Waals surface area (Å²) in [6.07, 6.45) is 0.472. The summed E-state index contributed by atoms with van der Waals surface area (Å²) in [5, 5.41) is 30.2. The average Bonchev–Trinajstić information content (AvgIpc) is 3.29. The van der Waals surface area contributed by atoms with Gasteiger partial charge in [-0.2, -0.15) is 8.42 Å². The van der Waals surface area contributed by atoms with Crippen LogP contribution >= 0.6 is 0 Å². The second-order valence-corrected chi connectivity index (χ2v) is 8.93. The molecule has 0 fully saturated rings. The maximum atomic E-state index is 11.7. The standard InChI is InChI=1S/C22H20N4O8S/c1-13(27)17-9-20(33-2)21(10-19(17)26(28)29)34-12-14-11-25(24-23-14)18-7-3-6-16-15(18)5-4-8-22(16)35(30,31)32/h3-11,13,27H,12H2,1-2H3,(H,30,31,32). The number of nitrogens with zero attached hydrogens (tertiary/aromatic N) is 4. The van der Waals surface area contributed by atoms with Crippen molar-refractivity contribution in [3.8, 4) is 17.2 Å². The van der Waals surface area contributed by atoms with Gasteiger partial charge >= 0.3 is 0 Å². The van der Waals surface area contributed by atoms with Gasteiger partial charge in [-0.3, -0.25) is 14.7 Å². The first-order chi connectivity index (χ1) is 16.6. The third-order valence-corrected chi connectivity index (χ3v) is 6.17. The summed E-state index contributed by atoms with van der Waals surface area (Å²) in [6, 6.07) is 11.9. The number of benzene rings is 3. The van der Waals surface area contributed by atoms with Gasteiger partial charge in [-0.05, 0) is 25.1 Å². The first-order valence-electron chi connectivity index (χ1n) is 10.2. The van der Waals surface area contributed by atoms with Crippen LogP contribution in [0.3, 0.4) is 0 Å². The van der Waals surface area contributed by atoms with E-state index in [9.17, 15) is 28.2 Å². The number of aromatic nitrogens is 3. The number of nitro groups is 1. The molecule has 1 atom stereocenters. The quantitative estimate of drug-likeness (QED) is 0.208. The molecule has 1 heterocycles. The molecule has 0 aliphatic rings.